The SMILES string of the molecule is CC1CC(c2ncc(-c3nc(Nc4ccc(C(=O)N5CCN(C)CC5)cn4)ncc3F)[nH]2)CCO1. The maximum absolute atomic E-state index is 14.6. The van der Waals surface area contributed by atoms with Gasteiger partial charge in [-0.25, -0.2) is 24.3 Å². The van der Waals surface area contributed by atoms with Gasteiger partial charge in [-0.15, -0.1) is 0 Å². The van der Waals surface area contributed by atoms with Crippen molar-refractivity contribution in [3.8, 4) is 11.4 Å². The number of nitrogens with zero attached hydrogens (tertiary/aromatic N) is 6. The maximum atomic E-state index is 14.6. The van der Waals surface area contributed by atoms with Crippen molar-refractivity contribution in [3.63, 3.8) is 0 Å². The summed E-state index contributed by atoms with van der Waals surface area (Å²) >= 11 is 0. The highest BCUT2D eigenvalue weighted by Crippen LogP contribution is 2.30. The number of piperazine rings is 1. The second-order valence-electron chi connectivity index (χ2n) is 9.13. The molecule has 0 spiro atoms. The molecule has 10 nitrogen and oxygen atoms in total. The summed E-state index contributed by atoms with van der Waals surface area (Å²) in [4.78, 5) is 37.1. The van der Waals surface area contributed by atoms with Gasteiger partial charge in [-0.05, 0) is 38.9 Å². The number of ether oxygens (including phenoxy) is 1. The molecule has 3 aromatic rings. The summed E-state index contributed by atoms with van der Waals surface area (Å²) in [6.45, 7) is 5.84. The minimum atomic E-state index is -0.549. The third-order valence-electron chi connectivity index (χ3n) is 6.51. The number of hydrogen-bond acceptors (Lipinski definition) is 8. The number of nitrogens with one attached hydrogen (secondary N) is 2. The minimum Gasteiger partial charge on any atom is -0.378 e. The van der Waals surface area contributed by atoms with Gasteiger partial charge in [0.2, 0.25) is 5.95 Å². The molecule has 2 saturated heterocycles. The molecule has 0 saturated carbocycles. The molecule has 1 amide bonds. The molecule has 2 N–H and O–H groups in total. The number of aromatic nitrogens is 5. The Morgan fingerprint density at radius 1 is 1.14 bits per heavy atom. The number of carbonyl (C=O) groups excluding carboxylic acids is 1. The lowest BCUT2D eigenvalue weighted by Gasteiger charge is -2.32. The number of anilines is 2. The standard InChI is InChI=1S/C24H29FN8O2/c1-15-11-16(5-10-35-15)22-27-14-19(29-22)21-18(25)13-28-24(31-21)30-20-4-3-17(12-26-20)23(34)33-8-6-32(2)7-9-33/h3-4,12-16H,5-11H2,1-2H3,(H,27,29)(H,26,28,30,31). The predicted molar refractivity (Wildman–Crippen MR) is 128 cm³/mol. The van der Waals surface area contributed by atoms with E-state index in [1.54, 1.807) is 18.3 Å². The molecule has 0 aromatic carbocycles. The van der Waals surface area contributed by atoms with Gasteiger partial charge in [-0.3, -0.25) is 4.79 Å². The van der Waals surface area contributed by atoms with Gasteiger partial charge in [0.15, 0.2) is 5.82 Å². The molecule has 5 rings (SSSR count). The van der Waals surface area contributed by atoms with Crippen LogP contribution in [0.5, 0.6) is 0 Å². The van der Waals surface area contributed by atoms with Gasteiger partial charge in [-0.2, -0.15) is 0 Å². The quantitative estimate of drug-likeness (QED) is 0.573. The van der Waals surface area contributed by atoms with E-state index in [1.807, 2.05) is 18.9 Å². The van der Waals surface area contributed by atoms with Crippen LogP contribution in [-0.2, 0) is 4.74 Å². The van der Waals surface area contributed by atoms with Gasteiger partial charge in [0.05, 0.1) is 29.8 Å². The Labute approximate surface area is 203 Å². The summed E-state index contributed by atoms with van der Waals surface area (Å²) in [5.74, 6) is 1.12. The largest absolute Gasteiger partial charge is 0.378 e. The second-order valence-corrected chi connectivity index (χ2v) is 9.13. The Balaban J connectivity index is 1.27. The molecule has 11 heteroatoms. The van der Waals surface area contributed by atoms with Crippen LogP contribution in [0.25, 0.3) is 11.4 Å². The van der Waals surface area contributed by atoms with Crippen molar-refractivity contribution in [3.05, 3.63) is 47.9 Å². The Morgan fingerprint density at radius 2 is 1.97 bits per heavy atom. The molecule has 2 unspecified atom stereocenters. The monoisotopic (exact) mass is 480 g/mol. The molecular formula is C24H29FN8O2. The van der Waals surface area contributed by atoms with Crippen molar-refractivity contribution < 1.29 is 13.9 Å². The maximum Gasteiger partial charge on any atom is 0.255 e. The smallest absolute Gasteiger partial charge is 0.255 e. The van der Waals surface area contributed by atoms with Gasteiger partial charge in [0.1, 0.15) is 17.3 Å². The molecule has 35 heavy (non-hydrogen) atoms. The fourth-order valence-corrected chi connectivity index (χ4v) is 4.43. The average molecular weight is 481 g/mol. The lowest BCUT2D eigenvalue weighted by molar-refractivity contribution is 0.0174. The van der Waals surface area contributed by atoms with Gasteiger partial charge in [0, 0.05) is 44.9 Å². The van der Waals surface area contributed by atoms with Crippen LogP contribution < -0.4 is 5.32 Å². The topological polar surface area (TPSA) is 112 Å². The van der Waals surface area contributed by atoms with Crippen LogP contribution in [0.4, 0.5) is 16.2 Å². The Hall–Kier alpha value is -3.44. The first-order chi connectivity index (χ1) is 17.0. The first-order valence-corrected chi connectivity index (χ1v) is 11.9. The number of pyridine rings is 1. The number of amides is 1. The van der Waals surface area contributed by atoms with E-state index < -0.39 is 5.82 Å². The summed E-state index contributed by atoms with van der Waals surface area (Å²) in [5, 5.41) is 2.99. The van der Waals surface area contributed by atoms with Crippen LogP contribution in [0, 0.1) is 5.82 Å². The van der Waals surface area contributed by atoms with Crippen LogP contribution >= 0.6 is 0 Å². The van der Waals surface area contributed by atoms with Crippen molar-refractivity contribution in [1.82, 2.24) is 34.7 Å². The zero-order valence-corrected chi connectivity index (χ0v) is 19.9. The summed E-state index contributed by atoms with van der Waals surface area (Å²) in [5.41, 5.74) is 1.14. The van der Waals surface area contributed by atoms with Crippen LogP contribution in [-0.4, -0.2) is 86.6 Å². The highest BCUT2D eigenvalue weighted by molar-refractivity contribution is 5.94. The van der Waals surface area contributed by atoms with E-state index in [0.29, 0.717) is 36.8 Å². The number of carbonyl (C=O) groups is 1. The fraction of sp³-hybridized carbons (Fsp3) is 0.458. The van der Waals surface area contributed by atoms with E-state index >= 15 is 0 Å². The third-order valence-corrected chi connectivity index (χ3v) is 6.51. The van der Waals surface area contributed by atoms with Crippen molar-refractivity contribution in [2.75, 3.05) is 45.2 Å². The zero-order valence-electron chi connectivity index (χ0n) is 19.9. The number of hydrogen-bond donors (Lipinski definition) is 2. The van der Waals surface area contributed by atoms with Crippen molar-refractivity contribution in [2.45, 2.75) is 31.8 Å². The summed E-state index contributed by atoms with van der Waals surface area (Å²) < 4.78 is 20.2. The Bertz CT molecular complexity index is 1180. The fourth-order valence-electron chi connectivity index (χ4n) is 4.43. The molecule has 5 heterocycles. The van der Waals surface area contributed by atoms with E-state index in [0.717, 1.165) is 38.0 Å². The first kappa shape index (κ1) is 23.3. The number of aromatic amines is 1. The lowest BCUT2D eigenvalue weighted by atomic mass is 9.96. The lowest BCUT2D eigenvalue weighted by Crippen LogP contribution is -2.47. The molecule has 0 aliphatic carbocycles. The zero-order chi connectivity index (χ0) is 24.4. The van der Waals surface area contributed by atoms with Gasteiger partial charge in [0.25, 0.3) is 5.91 Å². The van der Waals surface area contributed by atoms with Gasteiger partial charge < -0.3 is 24.8 Å². The van der Waals surface area contributed by atoms with E-state index in [2.05, 4.69) is 35.1 Å². The van der Waals surface area contributed by atoms with Gasteiger partial charge in [-0.1, -0.05) is 0 Å². The van der Waals surface area contributed by atoms with Crippen LogP contribution in [0.15, 0.2) is 30.7 Å². The predicted octanol–water partition coefficient (Wildman–Crippen LogP) is 2.81. The third kappa shape index (κ3) is 5.30. The molecular weight excluding hydrogens is 451 g/mol. The number of halogens is 1. The normalized spacial score (nSPS) is 21.2. The molecule has 0 radical (unpaired) electrons. The van der Waals surface area contributed by atoms with Crippen LogP contribution in [0.2, 0.25) is 0 Å². The van der Waals surface area contributed by atoms with E-state index in [1.165, 1.54) is 6.20 Å². The molecule has 2 fully saturated rings. The van der Waals surface area contributed by atoms with E-state index in [9.17, 15) is 9.18 Å². The number of rotatable bonds is 5. The molecule has 0 bridgehead atoms. The summed E-state index contributed by atoms with van der Waals surface area (Å²) in [6.07, 6.45) is 6.16. The second kappa shape index (κ2) is 10.0. The summed E-state index contributed by atoms with van der Waals surface area (Å²) in [6, 6.07) is 3.41. The highest BCUT2D eigenvalue weighted by atomic mass is 19.1. The summed E-state index contributed by atoms with van der Waals surface area (Å²) in [7, 11) is 2.05. The molecule has 2 aliphatic rings. The Kier molecular flexibility index (Phi) is 6.69. The minimum absolute atomic E-state index is 0.0357. The van der Waals surface area contributed by atoms with Crippen molar-refractivity contribution >= 4 is 17.7 Å². The first-order valence-electron chi connectivity index (χ1n) is 11.9. The molecule has 2 aliphatic heterocycles. The van der Waals surface area contributed by atoms with Crippen molar-refractivity contribution in [2.24, 2.45) is 0 Å². The Morgan fingerprint density at radius 3 is 2.71 bits per heavy atom. The number of likely N-dealkylation sites (N-methyl/N-ethyl adjacent to an activating group) is 1. The van der Waals surface area contributed by atoms with E-state index in [-0.39, 0.29) is 29.6 Å². The van der Waals surface area contributed by atoms with Crippen LogP contribution in [0.3, 0.4) is 0 Å². The van der Waals surface area contributed by atoms with Crippen molar-refractivity contribution in [1.29, 1.82) is 0 Å². The average Bonchev–Trinajstić information content (AvgIpc) is 3.36. The van der Waals surface area contributed by atoms with Gasteiger partial charge >= 0.3 is 0 Å². The highest BCUT2D eigenvalue weighted by Gasteiger charge is 2.24. The molecule has 3 aromatic heterocycles. The van der Waals surface area contributed by atoms with Crippen LogP contribution in [0.1, 0.15) is 41.9 Å². The molecule has 184 valence electrons. The van der Waals surface area contributed by atoms with E-state index in [4.69, 9.17) is 4.74 Å². The molecule has 2 atom stereocenters. The number of imidazole rings is 1. The number of H-pyrrole nitrogens is 1.